The molecular formula is C16H22F2O. The third kappa shape index (κ3) is 4.13. The minimum Gasteiger partial charge on any atom is -0.387 e. The summed E-state index contributed by atoms with van der Waals surface area (Å²) in [6, 6.07) is 8.48. The van der Waals surface area contributed by atoms with Gasteiger partial charge in [0.15, 0.2) is 0 Å². The number of alkyl halides is 2. The van der Waals surface area contributed by atoms with Gasteiger partial charge < -0.3 is 5.11 Å². The van der Waals surface area contributed by atoms with E-state index in [0.717, 1.165) is 12.8 Å². The Bertz CT molecular complexity index is 376. The lowest BCUT2D eigenvalue weighted by atomic mass is 9.87. The first-order valence-corrected chi connectivity index (χ1v) is 6.77. The average molecular weight is 268 g/mol. The van der Waals surface area contributed by atoms with E-state index in [2.05, 4.69) is 6.58 Å². The van der Waals surface area contributed by atoms with Crippen molar-refractivity contribution in [3.8, 4) is 0 Å². The zero-order valence-corrected chi connectivity index (χ0v) is 11.4. The van der Waals surface area contributed by atoms with Crippen LogP contribution in [-0.2, 0) is 0 Å². The van der Waals surface area contributed by atoms with Gasteiger partial charge in [0, 0.05) is 0 Å². The van der Waals surface area contributed by atoms with E-state index in [0.29, 0.717) is 12.0 Å². The molecule has 19 heavy (non-hydrogen) atoms. The lowest BCUT2D eigenvalue weighted by molar-refractivity contribution is -0.120. The summed E-state index contributed by atoms with van der Waals surface area (Å²) in [5, 5.41) is 9.77. The van der Waals surface area contributed by atoms with Gasteiger partial charge in [-0.3, -0.25) is 0 Å². The fraction of sp³-hybridized carbons (Fsp3) is 0.500. The molecule has 0 fully saturated rings. The SMILES string of the molecule is C=CC(c1ccccc1)C(F)(F)C(O)CCCCC. The Morgan fingerprint density at radius 2 is 1.89 bits per heavy atom. The Morgan fingerprint density at radius 3 is 2.42 bits per heavy atom. The van der Waals surface area contributed by atoms with Gasteiger partial charge in [-0.2, -0.15) is 0 Å². The third-order valence-electron chi connectivity index (χ3n) is 3.33. The van der Waals surface area contributed by atoms with Crippen LogP contribution in [0.25, 0.3) is 0 Å². The molecule has 2 unspecified atom stereocenters. The van der Waals surface area contributed by atoms with Crippen LogP contribution in [0, 0.1) is 0 Å². The molecule has 1 N–H and O–H groups in total. The predicted molar refractivity (Wildman–Crippen MR) is 74.5 cm³/mol. The van der Waals surface area contributed by atoms with Gasteiger partial charge in [0.05, 0.1) is 5.92 Å². The topological polar surface area (TPSA) is 20.2 Å². The zero-order chi connectivity index (χ0) is 14.3. The highest BCUT2D eigenvalue weighted by molar-refractivity contribution is 5.26. The second kappa shape index (κ2) is 7.39. The molecule has 3 heteroatoms. The van der Waals surface area contributed by atoms with Gasteiger partial charge in [0.25, 0.3) is 5.92 Å². The predicted octanol–water partition coefficient (Wildman–Crippen LogP) is 4.53. The molecule has 106 valence electrons. The van der Waals surface area contributed by atoms with Gasteiger partial charge in [-0.1, -0.05) is 62.6 Å². The van der Waals surface area contributed by atoms with Crippen LogP contribution in [0.5, 0.6) is 0 Å². The van der Waals surface area contributed by atoms with Crippen molar-refractivity contribution in [3.05, 3.63) is 48.6 Å². The lowest BCUT2D eigenvalue weighted by Crippen LogP contribution is -2.38. The Morgan fingerprint density at radius 1 is 1.26 bits per heavy atom. The molecule has 2 atom stereocenters. The number of allylic oxidation sites excluding steroid dienone is 1. The highest BCUT2D eigenvalue weighted by atomic mass is 19.3. The Kier molecular flexibility index (Phi) is 6.16. The first kappa shape index (κ1) is 15.8. The molecule has 1 aromatic carbocycles. The van der Waals surface area contributed by atoms with E-state index in [9.17, 15) is 13.9 Å². The number of benzene rings is 1. The molecule has 0 saturated heterocycles. The molecule has 1 aromatic rings. The van der Waals surface area contributed by atoms with Crippen LogP contribution in [0.15, 0.2) is 43.0 Å². The molecule has 0 bridgehead atoms. The molecule has 0 aliphatic heterocycles. The molecule has 0 heterocycles. The van der Waals surface area contributed by atoms with Gasteiger partial charge in [0.2, 0.25) is 0 Å². The quantitative estimate of drug-likeness (QED) is 0.542. The van der Waals surface area contributed by atoms with E-state index in [1.54, 1.807) is 30.3 Å². The van der Waals surface area contributed by atoms with Gasteiger partial charge in [-0.05, 0) is 12.0 Å². The van der Waals surface area contributed by atoms with Gasteiger partial charge in [-0.25, -0.2) is 8.78 Å². The van der Waals surface area contributed by atoms with Crippen molar-refractivity contribution in [2.45, 2.75) is 50.6 Å². The highest BCUT2D eigenvalue weighted by Gasteiger charge is 2.45. The van der Waals surface area contributed by atoms with Crippen molar-refractivity contribution in [3.63, 3.8) is 0 Å². The van der Waals surface area contributed by atoms with Crippen LogP contribution in [0.1, 0.15) is 44.1 Å². The monoisotopic (exact) mass is 268 g/mol. The second-order valence-corrected chi connectivity index (χ2v) is 4.81. The zero-order valence-electron chi connectivity index (χ0n) is 11.4. The second-order valence-electron chi connectivity index (χ2n) is 4.81. The minimum atomic E-state index is -3.18. The smallest absolute Gasteiger partial charge is 0.283 e. The molecule has 0 saturated carbocycles. The maximum atomic E-state index is 14.3. The van der Waals surface area contributed by atoms with Crippen LogP contribution < -0.4 is 0 Å². The van der Waals surface area contributed by atoms with Gasteiger partial charge >= 0.3 is 0 Å². The number of hydrogen-bond donors (Lipinski definition) is 1. The lowest BCUT2D eigenvalue weighted by Gasteiger charge is -2.29. The van der Waals surface area contributed by atoms with E-state index in [1.807, 2.05) is 6.92 Å². The first-order chi connectivity index (χ1) is 9.04. The van der Waals surface area contributed by atoms with E-state index < -0.39 is 17.9 Å². The highest BCUT2D eigenvalue weighted by Crippen LogP contribution is 2.38. The molecule has 0 radical (unpaired) electrons. The van der Waals surface area contributed by atoms with Crippen molar-refractivity contribution in [1.29, 1.82) is 0 Å². The number of halogens is 2. The van der Waals surface area contributed by atoms with E-state index in [4.69, 9.17) is 0 Å². The minimum absolute atomic E-state index is 0.123. The standard InChI is InChI=1S/C16H22F2O/c1-3-5-7-12-15(19)16(17,18)14(4-2)13-10-8-6-9-11-13/h4,6,8-11,14-15,19H,2-3,5,7,12H2,1H3. The number of aliphatic hydroxyl groups is 1. The third-order valence-corrected chi connectivity index (χ3v) is 3.33. The molecule has 0 amide bonds. The Hall–Kier alpha value is -1.22. The summed E-state index contributed by atoms with van der Waals surface area (Å²) in [5.74, 6) is -4.33. The molecule has 1 nitrogen and oxygen atoms in total. The summed E-state index contributed by atoms with van der Waals surface area (Å²) in [6.07, 6.45) is 2.14. The van der Waals surface area contributed by atoms with E-state index >= 15 is 0 Å². The van der Waals surface area contributed by atoms with Crippen molar-refractivity contribution in [2.24, 2.45) is 0 Å². The molecule has 0 aromatic heterocycles. The Labute approximate surface area is 114 Å². The van der Waals surface area contributed by atoms with Crippen LogP contribution in [0.2, 0.25) is 0 Å². The van der Waals surface area contributed by atoms with Crippen LogP contribution in [0.3, 0.4) is 0 Å². The maximum Gasteiger partial charge on any atom is 0.283 e. The summed E-state index contributed by atoms with van der Waals surface area (Å²) in [7, 11) is 0. The first-order valence-electron chi connectivity index (χ1n) is 6.77. The molecule has 1 rings (SSSR count). The number of unbranched alkanes of at least 4 members (excludes halogenated alkanes) is 2. The largest absolute Gasteiger partial charge is 0.387 e. The van der Waals surface area contributed by atoms with Crippen LogP contribution in [0.4, 0.5) is 8.78 Å². The molecular weight excluding hydrogens is 246 g/mol. The summed E-state index contributed by atoms with van der Waals surface area (Å²) in [6.45, 7) is 5.49. The van der Waals surface area contributed by atoms with Crippen molar-refractivity contribution < 1.29 is 13.9 Å². The van der Waals surface area contributed by atoms with Crippen molar-refractivity contribution >= 4 is 0 Å². The van der Waals surface area contributed by atoms with Crippen LogP contribution >= 0.6 is 0 Å². The summed E-state index contributed by atoms with van der Waals surface area (Å²) < 4.78 is 28.5. The fourth-order valence-electron chi connectivity index (χ4n) is 2.16. The van der Waals surface area contributed by atoms with E-state index in [-0.39, 0.29) is 6.42 Å². The van der Waals surface area contributed by atoms with Gasteiger partial charge in [0.1, 0.15) is 6.10 Å². The van der Waals surface area contributed by atoms with Crippen molar-refractivity contribution in [2.75, 3.05) is 0 Å². The van der Waals surface area contributed by atoms with Gasteiger partial charge in [-0.15, -0.1) is 6.58 Å². The van der Waals surface area contributed by atoms with E-state index in [1.165, 1.54) is 6.08 Å². The maximum absolute atomic E-state index is 14.3. The summed E-state index contributed by atoms with van der Waals surface area (Å²) in [5.41, 5.74) is 0.483. The number of hydrogen-bond acceptors (Lipinski definition) is 1. The number of aliphatic hydroxyl groups excluding tert-OH is 1. The van der Waals surface area contributed by atoms with Crippen LogP contribution in [-0.4, -0.2) is 17.1 Å². The molecule has 0 aliphatic rings. The Balaban J connectivity index is 2.80. The molecule has 0 aliphatic carbocycles. The summed E-state index contributed by atoms with van der Waals surface area (Å²) >= 11 is 0. The van der Waals surface area contributed by atoms with Crippen molar-refractivity contribution in [1.82, 2.24) is 0 Å². The summed E-state index contributed by atoms with van der Waals surface area (Å²) in [4.78, 5) is 0. The average Bonchev–Trinajstić information content (AvgIpc) is 2.40. The fourth-order valence-corrected chi connectivity index (χ4v) is 2.16. The normalized spacial score (nSPS) is 14.9. The molecule has 0 spiro atoms. The number of rotatable bonds is 8.